The monoisotopic (exact) mass is 501 g/mol. The Bertz CT molecular complexity index is 2010. The van der Waals surface area contributed by atoms with Gasteiger partial charge in [-0.25, -0.2) is 0 Å². The van der Waals surface area contributed by atoms with Crippen LogP contribution in [0.4, 0.5) is 0 Å². The van der Waals surface area contributed by atoms with Crippen molar-refractivity contribution in [3.63, 3.8) is 0 Å². The topological polar surface area (TPSA) is 26.0 Å². The van der Waals surface area contributed by atoms with E-state index in [1.165, 1.54) is 12.6 Å². The number of benzene rings is 4. The van der Waals surface area contributed by atoms with Crippen LogP contribution >= 0.6 is 0 Å². The Labute approximate surface area is 230 Å². The number of aromatic nitrogens is 1. The molecular weight excluding hydrogens is 462 g/mol. The minimum Gasteiger partial charge on any atom is -0.455 e. The molecule has 0 N–H and O–H groups in total. The number of hydrogen-bond donors (Lipinski definition) is 0. The number of nitrogens with zero attached hydrogens (tertiary/aromatic N) is 1. The molecule has 1 fully saturated rings. The van der Waals surface area contributed by atoms with Crippen LogP contribution in [0.25, 0.3) is 54.7 Å². The predicted octanol–water partition coefficient (Wildman–Crippen LogP) is 10.6. The van der Waals surface area contributed by atoms with E-state index in [1.54, 1.807) is 0 Å². The molecule has 0 unspecified atom stereocenters. The van der Waals surface area contributed by atoms with Crippen molar-refractivity contribution in [3.8, 4) is 11.3 Å². The molecule has 6 aromatic rings. The summed E-state index contributed by atoms with van der Waals surface area (Å²) in [5, 5.41) is 6.45. The molecule has 190 valence electrons. The summed E-state index contributed by atoms with van der Waals surface area (Å²) in [6, 6.07) is 23.0. The van der Waals surface area contributed by atoms with Gasteiger partial charge in [-0.3, -0.25) is 4.98 Å². The van der Waals surface area contributed by atoms with Gasteiger partial charge in [0.05, 0.1) is 5.69 Å². The van der Waals surface area contributed by atoms with Crippen LogP contribution in [0.15, 0.2) is 77.3 Å². The SMILES string of the molecule is [2H]C([2H])([2H])c1cnc(-c2cccc3c2oc2c3ccc3ccc4c(C5([2H])CCCCC5)cccc4c32)cc1C(C)(C)C. The highest BCUT2D eigenvalue weighted by Crippen LogP contribution is 2.43. The van der Waals surface area contributed by atoms with E-state index >= 15 is 0 Å². The Morgan fingerprint density at radius 3 is 2.37 bits per heavy atom. The average Bonchev–Trinajstić information content (AvgIpc) is 3.35. The molecule has 0 spiro atoms. The third-order valence-corrected chi connectivity index (χ3v) is 8.33. The van der Waals surface area contributed by atoms with Gasteiger partial charge >= 0.3 is 0 Å². The molecule has 0 saturated heterocycles. The van der Waals surface area contributed by atoms with E-state index in [2.05, 4.69) is 53.5 Å². The molecule has 1 aliphatic rings. The summed E-state index contributed by atoms with van der Waals surface area (Å²) in [5.74, 6) is -0.558. The lowest BCUT2D eigenvalue weighted by Crippen LogP contribution is -2.13. The maximum Gasteiger partial charge on any atom is 0.144 e. The molecule has 1 saturated carbocycles. The van der Waals surface area contributed by atoms with Gasteiger partial charge in [-0.15, -0.1) is 0 Å². The number of furan rings is 1. The number of para-hydroxylation sites is 1. The number of pyridine rings is 1. The van der Waals surface area contributed by atoms with Gasteiger partial charge in [0.1, 0.15) is 11.2 Å². The fourth-order valence-corrected chi connectivity index (χ4v) is 6.41. The fraction of sp³-hybridized carbons (Fsp3) is 0.306. The highest BCUT2D eigenvalue weighted by molar-refractivity contribution is 6.24. The van der Waals surface area contributed by atoms with Crippen LogP contribution in [0.3, 0.4) is 0 Å². The van der Waals surface area contributed by atoms with Crippen molar-refractivity contribution in [3.05, 3.63) is 89.6 Å². The molecule has 4 aromatic carbocycles. The summed E-state index contributed by atoms with van der Waals surface area (Å²) < 4.78 is 40.4. The Kier molecular flexibility index (Phi) is 4.45. The molecule has 2 nitrogen and oxygen atoms in total. The summed E-state index contributed by atoms with van der Waals surface area (Å²) in [6.45, 7) is 3.85. The van der Waals surface area contributed by atoms with Crippen LogP contribution < -0.4 is 0 Å². The van der Waals surface area contributed by atoms with Gasteiger partial charge in [0.15, 0.2) is 0 Å². The third-order valence-electron chi connectivity index (χ3n) is 8.33. The number of aryl methyl sites for hydroxylation is 1. The summed E-state index contributed by atoms with van der Waals surface area (Å²) >= 11 is 0. The van der Waals surface area contributed by atoms with Crippen LogP contribution in [0.5, 0.6) is 0 Å². The highest BCUT2D eigenvalue weighted by atomic mass is 16.3. The molecule has 0 radical (unpaired) electrons. The van der Waals surface area contributed by atoms with E-state index in [-0.39, 0.29) is 11.0 Å². The largest absolute Gasteiger partial charge is 0.455 e. The van der Waals surface area contributed by atoms with E-state index in [9.17, 15) is 1.37 Å². The van der Waals surface area contributed by atoms with E-state index in [1.807, 2.05) is 39.0 Å². The molecule has 1 aliphatic carbocycles. The summed E-state index contributed by atoms with van der Waals surface area (Å²) in [7, 11) is 0. The average molecular weight is 502 g/mol. The minimum absolute atomic E-state index is 0.286. The second kappa shape index (κ2) is 8.70. The first-order valence-corrected chi connectivity index (χ1v) is 13.8. The van der Waals surface area contributed by atoms with Gasteiger partial charge < -0.3 is 4.42 Å². The van der Waals surface area contributed by atoms with Crippen LogP contribution in [-0.2, 0) is 5.41 Å². The first-order valence-electron chi connectivity index (χ1n) is 15.8. The Balaban J connectivity index is 1.49. The smallest absolute Gasteiger partial charge is 0.144 e. The second-order valence-electron chi connectivity index (χ2n) is 11.8. The molecule has 0 amide bonds. The summed E-state index contributed by atoms with van der Waals surface area (Å²) in [4.78, 5) is 4.65. The van der Waals surface area contributed by atoms with Crippen molar-refractivity contribution in [2.45, 2.75) is 71.0 Å². The molecule has 38 heavy (non-hydrogen) atoms. The molecule has 0 aliphatic heterocycles. The lowest BCUT2D eigenvalue weighted by molar-refractivity contribution is 0.445. The van der Waals surface area contributed by atoms with E-state index in [0.717, 1.165) is 85.9 Å². The third kappa shape index (κ3) is 3.65. The maximum absolute atomic E-state index is 9.37. The second-order valence-corrected chi connectivity index (χ2v) is 11.8. The number of rotatable bonds is 2. The summed E-state index contributed by atoms with van der Waals surface area (Å²) in [6.07, 6.45) is 6.71. The number of fused-ring (bicyclic) bond motifs is 7. The molecular formula is C36H35NO. The predicted molar refractivity (Wildman–Crippen MR) is 161 cm³/mol. The quantitative estimate of drug-likeness (QED) is 0.221. The van der Waals surface area contributed by atoms with Gasteiger partial charge in [-0.1, -0.05) is 88.6 Å². The van der Waals surface area contributed by atoms with Gasteiger partial charge in [0, 0.05) is 33.4 Å². The van der Waals surface area contributed by atoms with Crippen LogP contribution in [0, 0.1) is 6.85 Å². The lowest BCUT2D eigenvalue weighted by atomic mass is 9.81. The maximum atomic E-state index is 9.37. The van der Waals surface area contributed by atoms with Gasteiger partial charge in [0.25, 0.3) is 0 Å². The first kappa shape index (κ1) is 19.4. The molecule has 0 atom stereocenters. The minimum atomic E-state index is -2.24. The van der Waals surface area contributed by atoms with Crippen molar-refractivity contribution in [2.75, 3.05) is 0 Å². The zero-order valence-electron chi connectivity index (χ0n) is 26.3. The molecule has 2 heterocycles. The van der Waals surface area contributed by atoms with Gasteiger partial charge in [0.2, 0.25) is 0 Å². The standard InChI is InChI=1S/C36H35NO/c1-22-21-37-32(20-31(22)36(2,3)4)30-15-9-14-28-29-19-17-24-16-18-26-25(23-10-6-5-7-11-23)12-8-13-27(26)33(24)35(29)38-34(28)30/h8-9,12-21,23H,5-7,10-11H2,1-4H3/i1D3,23D. The van der Waals surface area contributed by atoms with E-state index < -0.39 is 12.7 Å². The van der Waals surface area contributed by atoms with Gasteiger partial charge in [-0.05, 0) is 82.1 Å². The number of hydrogen-bond acceptors (Lipinski definition) is 2. The Hall–Kier alpha value is -3.65. The van der Waals surface area contributed by atoms with Crippen LogP contribution in [0.1, 0.15) is 80.9 Å². The van der Waals surface area contributed by atoms with Crippen molar-refractivity contribution >= 4 is 43.5 Å². The first-order chi connectivity index (χ1) is 20.0. The van der Waals surface area contributed by atoms with Crippen LogP contribution in [0.2, 0.25) is 0 Å². The molecule has 2 heteroatoms. The lowest BCUT2D eigenvalue weighted by Gasteiger charge is -2.23. The zero-order chi connectivity index (χ0) is 29.4. The van der Waals surface area contributed by atoms with Crippen molar-refractivity contribution in [2.24, 2.45) is 0 Å². The zero-order valence-corrected chi connectivity index (χ0v) is 22.3. The van der Waals surface area contributed by atoms with Gasteiger partial charge in [-0.2, -0.15) is 0 Å². The van der Waals surface area contributed by atoms with E-state index in [0.29, 0.717) is 5.69 Å². The molecule has 0 bridgehead atoms. The Morgan fingerprint density at radius 1 is 0.842 bits per heavy atom. The van der Waals surface area contributed by atoms with Crippen molar-refractivity contribution in [1.29, 1.82) is 0 Å². The highest BCUT2D eigenvalue weighted by Gasteiger charge is 2.22. The molecule has 7 rings (SSSR count). The normalized spacial score (nSPS) is 18.0. The van der Waals surface area contributed by atoms with Crippen molar-refractivity contribution < 1.29 is 9.90 Å². The fourth-order valence-electron chi connectivity index (χ4n) is 6.41. The van der Waals surface area contributed by atoms with E-state index in [4.69, 9.17) is 8.53 Å². The summed E-state index contributed by atoms with van der Waals surface area (Å²) in [5.41, 5.74) is 4.90. The van der Waals surface area contributed by atoms with Crippen molar-refractivity contribution in [1.82, 2.24) is 4.98 Å². The van der Waals surface area contributed by atoms with Crippen LogP contribution in [-0.4, -0.2) is 4.98 Å². The Morgan fingerprint density at radius 2 is 1.58 bits per heavy atom. The molecule has 2 aromatic heterocycles.